The average Bonchev–Trinajstić information content (AvgIpc) is 2.39. The number of aliphatic hydroxyl groups excluding tert-OH is 1. The molecule has 2 rings (SSSR count). The van der Waals surface area contributed by atoms with E-state index in [1.54, 1.807) is 0 Å². The zero-order chi connectivity index (χ0) is 14.9. The van der Waals surface area contributed by atoms with Crippen molar-refractivity contribution >= 4 is 15.9 Å². The van der Waals surface area contributed by atoms with Crippen LogP contribution >= 0.6 is 15.9 Å². The summed E-state index contributed by atoms with van der Waals surface area (Å²) < 4.78 is 53.6. The van der Waals surface area contributed by atoms with Crippen LogP contribution < -0.4 is 0 Å². The number of halogens is 5. The molecule has 1 nitrogen and oxygen atoms in total. The van der Waals surface area contributed by atoms with Crippen LogP contribution in [-0.4, -0.2) is 5.11 Å². The second-order valence-electron chi connectivity index (χ2n) is 4.21. The first kappa shape index (κ1) is 15.0. The van der Waals surface area contributed by atoms with Gasteiger partial charge in [0, 0.05) is 23.6 Å². The molecule has 20 heavy (non-hydrogen) atoms. The lowest BCUT2D eigenvalue weighted by Gasteiger charge is -2.14. The molecule has 1 unspecified atom stereocenters. The lowest BCUT2D eigenvalue weighted by molar-refractivity contribution is 0.170. The first-order valence-electron chi connectivity index (χ1n) is 5.65. The Kier molecular flexibility index (Phi) is 4.45. The van der Waals surface area contributed by atoms with Gasteiger partial charge in [0.25, 0.3) is 0 Å². The van der Waals surface area contributed by atoms with E-state index in [1.807, 2.05) is 0 Å². The van der Waals surface area contributed by atoms with Gasteiger partial charge in [0.05, 0.1) is 10.6 Å². The zero-order valence-corrected chi connectivity index (χ0v) is 11.6. The lowest BCUT2D eigenvalue weighted by atomic mass is 10.00. The van der Waals surface area contributed by atoms with Gasteiger partial charge in [-0.05, 0) is 34.1 Å². The highest BCUT2D eigenvalue weighted by molar-refractivity contribution is 9.10. The maximum atomic E-state index is 13.8. The Morgan fingerprint density at radius 3 is 2.35 bits per heavy atom. The van der Waals surface area contributed by atoms with Crippen molar-refractivity contribution in [2.75, 3.05) is 0 Å². The van der Waals surface area contributed by atoms with Crippen LogP contribution in [0.1, 0.15) is 17.2 Å². The molecule has 0 heterocycles. The average molecular weight is 349 g/mol. The van der Waals surface area contributed by atoms with E-state index in [1.165, 1.54) is 6.07 Å². The molecule has 1 atom stereocenters. The van der Waals surface area contributed by atoms with E-state index < -0.39 is 35.8 Å². The molecule has 0 saturated heterocycles. The molecule has 2 aromatic rings. The molecule has 0 aliphatic carbocycles. The fourth-order valence-electron chi connectivity index (χ4n) is 1.83. The van der Waals surface area contributed by atoms with Crippen molar-refractivity contribution < 1.29 is 22.7 Å². The quantitative estimate of drug-likeness (QED) is 0.648. The van der Waals surface area contributed by atoms with Gasteiger partial charge in [0.2, 0.25) is 0 Å². The summed E-state index contributed by atoms with van der Waals surface area (Å²) >= 11 is 2.90. The van der Waals surface area contributed by atoms with E-state index in [9.17, 15) is 22.7 Å². The lowest BCUT2D eigenvalue weighted by Crippen LogP contribution is -2.08. The monoisotopic (exact) mass is 348 g/mol. The van der Waals surface area contributed by atoms with Crippen LogP contribution in [-0.2, 0) is 6.42 Å². The SMILES string of the molecule is OC(Cc1c(F)ccc(Br)c1F)c1ccc(F)cc1F. The molecule has 0 aromatic heterocycles. The second-order valence-corrected chi connectivity index (χ2v) is 5.06. The Balaban J connectivity index is 2.32. The molecule has 0 radical (unpaired) electrons. The molecular weight excluding hydrogens is 340 g/mol. The van der Waals surface area contributed by atoms with Gasteiger partial charge in [-0.25, -0.2) is 17.6 Å². The number of rotatable bonds is 3. The summed E-state index contributed by atoms with van der Waals surface area (Å²) in [6.45, 7) is 0. The van der Waals surface area contributed by atoms with Crippen molar-refractivity contribution in [1.82, 2.24) is 0 Å². The summed E-state index contributed by atoms with van der Waals surface area (Å²) in [6.07, 6.45) is -1.94. The predicted molar refractivity (Wildman–Crippen MR) is 69.1 cm³/mol. The molecule has 0 aliphatic heterocycles. The van der Waals surface area contributed by atoms with Crippen LogP contribution in [0.25, 0.3) is 0 Å². The summed E-state index contributed by atoms with van der Waals surface area (Å²) in [6, 6.07) is 4.85. The summed E-state index contributed by atoms with van der Waals surface area (Å²) in [4.78, 5) is 0. The van der Waals surface area contributed by atoms with E-state index in [4.69, 9.17) is 0 Å². The van der Waals surface area contributed by atoms with Gasteiger partial charge in [-0.15, -0.1) is 0 Å². The van der Waals surface area contributed by atoms with Crippen molar-refractivity contribution in [2.45, 2.75) is 12.5 Å². The molecule has 0 amide bonds. The van der Waals surface area contributed by atoms with Gasteiger partial charge in [0.15, 0.2) is 0 Å². The Morgan fingerprint density at radius 1 is 1.00 bits per heavy atom. The molecule has 0 aliphatic rings. The fourth-order valence-corrected chi connectivity index (χ4v) is 2.20. The van der Waals surface area contributed by atoms with Crippen molar-refractivity contribution in [3.8, 4) is 0 Å². The van der Waals surface area contributed by atoms with Crippen LogP contribution in [0.2, 0.25) is 0 Å². The summed E-state index contributed by atoms with van der Waals surface area (Å²) in [5, 5.41) is 9.87. The van der Waals surface area contributed by atoms with Gasteiger partial charge in [-0.2, -0.15) is 0 Å². The first-order valence-corrected chi connectivity index (χ1v) is 6.45. The van der Waals surface area contributed by atoms with Gasteiger partial charge in [-0.3, -0.25) is 0 Å². The van der Waals surface area contributed by atoms with E-state index >= 15 is 0 Å². The van der Waals surface area contributed by atoms with E-state index in [2.05, 4.69) is 15.9 Å². The summed E-state index contributed by atoms with van der Waals surface area (Å²) in [5.41, 5.74) is -0.583. The molecule has 1 N–H and O–H groups in total. The van der Waals surface area contributed by atoms with Crippen molar-refractivity contribution in [2.24, 2.45) is 0 Å². The van der Waals surface area contributed by atoms with Gasteiger partial charge >= 0.3 is 0 Å². The molecule has 0 fully saturated rings. The Morgan fingerprint density at radius 2 is 1.70 bits per heavy atom. The van der Waals surface area contributed by atoms with Gasteiger partial charge < -0.3 is 5.11 Å². The summed E-state index contributed by atoms with van der Waals surface area (Å²) in [5.74, 6) is -3.45. The second kappa shape index (κ2) is 5.93. The third-order valence-electron chi connectivity index (χ3n) is 2.86. The summed E-state index contributed by atoms with van der Waals surface area (Å²) in [7, 11) is 0. The third kappa shape index (κ3) is 3.02. The number of benzene rings is 2. The molecule has 0 spiro atoms. The largest absolute Gasteiger partial charge is 0.388 e. The Hall–Kier alpha value is -1.40. The minimum atomic E-state index is -1.48. The molecule has 6 heteroatoms. The molecule has 0 saturated carbocycles. The van der Waals surface area contributed by atoms with Crippen molar-refractivity contribution in [3.05, 3.63) is 69.2 Å². The highest BCUT2D eigenvalue weighted by Gasteiger charge is 2.20. The predicted octanol–water partition coefficient (Wildman–Crippen LogP) is 4.28. The molecule has 106 valence electrons. The Bertz CT molecular complexity index is 645. The van der Waals surface area contributed by atoms with Crippen molar-refractivity contribution in [3.63, 3.8) is 0 Å². The maximum Gasteiger partial charge on any atom is 0.143 e. The van der Waals surface area contributed by atoms with Crippen LogP contribution in [0, 0.1) is 23.3 Å². The van der Waals surface area contributed by atoms with Crippen LogP contribution in [0.15, 0.2) is 34.8 Å². The molecule has 0 bridgehead atoms. The number of hydrogen-bond acceptors (Lipinski definition) is 1. The van der Waals surface area contributed by atoms with Crippen LogP contribution in [0.5, 0.6) is 0 Å². The van der Waals surface area contributed by atoms with E-state index in [-0.39, 0.29) is 15.6 Å². The van der Waals surface area contributed by atoms with Crippen molar-refractivity contribution in [1.29, 1.82) is 0 Å². The van der Waals surface area contributed by atoms with E-state index in [0.29, 0.717) is 6.07 Å². The maximum absolute atomic E-state index is 13.8. The topological polar surface area (TPSA) is 20.2 Å². The fraction of sp³-hybridized carbons (Fsp3) is 0.143. The molecule has 2 aromatic carbocycles. The highest BCUT2D eigenvalue weighted by Crippen LogP contribution is 2.27. The highest BCUT2D eigenvalue weighted by atomic mass is 79.9. The minimum Gasteiger partial charge on any atom is -0.388 e. The zero-order valence-electron chi connectivity index (χ0n) is 10.0. The minimum absolute atomic E-state index is 0.0423. The first-order chi connectivity index (χ1) is 9.40. The number of aliphatic hydroxyl groups is 1. The smallest absolute Gasteiger partial charge is 0.143 e. The molecular formula is C14H9BrF4O. The van der Waals surface area contributed by atoms with Crippen LogP contribution in [0.4, 0.5) is 17.6 Å². The Labute approximate surface area is 121 Å². The normalized spacial score (nSPS) is 12.5. The standard InChI is InChI=1S/C14H9BrF4O/c15-10-3-4-11(17)9(14(10)19)6-13(20)8-2-1-7(16)5-12(8)18/h1-5,13,20H,6H2. The third-order valence-corrected chi connectivity index (χ3v) is 3.47. The van der Waals surface area contributed by atoms with E-state index in [0.717, 1.165) is 18.2 Å². The van der Waals surface area contributed by atoms with Crippen LogP contribution in [0.3, 0.4) is 0 Å². The van der Waals surface area contributed by atoms with Gasteiger partial charge in [-0.1, -0.05) is 6.07 Å². The van der Waals surface area contributed by atoms with Gasteiger partial charge in [0.1, 0.15) is 23.3 Å². The number of hydrogen-bond donors (Lipinski definition) is 1.